The number of ether oxygens (including phenoxy) is 3. The van der Waals surface area contributed by atoms with E-state index < -0.39 is 40.7 Å². The lowest BCUT2D eigenvalue weighted by Crippen LogP contribution is -2.55. The highest BCUT2D eigenvalue weighted by Crippen LogP contribution is 2.34. The third-order valence-corrected chi connectivity index (χ3v) is 7.03. The zero-order valence-electron chi connectivity index (χ0n) is 20.6. The van der Waals surface area contributed by atoms with Gasteiger partial charge in [-0.1, -0.05) is 35.9 Å². The van der Waals surface area contributed by atoms with Crippen molar-refractivity contribution < 1.29 is 37.9 Å². The van der Waals surface area contributed by atoms with Crippen molar-refractivity contribution in [1.82, 2.24) is 4.72 Å². The van der Waals surface area contributed by atoms with E-state index in [4.69, 9.17) is 31.0 Å². The van der Waals surface area contributed by atoms with Gasteiger partial charge in [0.1, 0.15) is 36.3 Å². The molecule has 1 heterocycles. The number of aliphatic hydroxyl groups excluding tert-OH is 3. The minimum atomic E-state index is -3.67. The maximum atomic E-state index is 10.8. The molecule has 0 radical (unpaired) electrons. The van der Waals surface area contributed by atoms with E-state index in [1.807, 2.05) is 37.3 Å². The minimum absolute atomic E-state index is 0.0965. The third-order valence-electron chi connectivity index (χ3n) is 6.06. The fourth-order valence-corrected chi connectivity index (χ4v) is 4.67. The Morgan fingerprint density at radius 1 is 1.05 bits per heavy atom. The molecule has 5 atom stereocenters. The van der Waals surface area contributed by atoms with E-state index >= 15 is 0 Å². The van der Waals surface area contributed by atoms with Gasteiger partial charge >= 0.3 is 0 Å². The van der Waals surface area contributed by atoms with E-state index in [0.717, 1.165) is 11.1 Å². The summed E-state index contributed by atoms with van der Waals surface area (Å²) in [6.07, 6.45) is -3.79. The van der Waals surface area contributed by atoms with E-state index in [2.05, 4.69) is 4.72 Å². The number of rotatable bonds is 13. The Bertz CT molecular complexity index is 1100. The van der Waals surface area contributed by atoms with E-state index in [0.29, 0.717) is 48.8 Å². The van der Waals surface area contributed by atoms with Gasteiger partial charge in [0.15, 0.2) is 0 Å². The van der Waals surface area contributed by atoms with E-state index in [9.17, 15) is 23.7 Å². The summed E-state index contributed by atoms with van der Waals surface area (Å²) in [6, 6.07) is 12.8. The Hall–Kier alpha value is -1.80. The second-order valence-corrected chi connectivity index (χ2v) is 10.7. The van der Waals surface area contributed by atoms with Crippen molar-refractivity contribution in [1.29, 1.82) is 0 Å². The van der Waals surface area contributed by atoms with E-state index in [-0.39, 0.29) is 13.2 Å². The maximum absolute atomic E-state index is 10.8. The molecule has 0 saturated carbocycles. The van der Waals surface area contributed by atoms with Crippen molar-refractivity contribution in [3.05, 3.63) is 64.2 Å². The first-order valence-electron chi connectivity index (χ1n) is 12.1. The molecule has 1 aliphatic rings. The first kappa shape index (κ1) is 29.8. The van der Waals surface area contributed by atoms with Crippen LogP contribution < -0.4 is 14.6 Å². The Morgan fingerprint density at radius 2 is 1.78 bits per heavy atom. The summed E-state index contributed by atoms with van der Waals surface area (Å²) in [5, 5.41) is 36.6. The number of nitrogens with one attached hydrogen (secondary N) is 1. The van der Waals surface area contributed by atoms with Crippen LogP contribution >= 0.6 is 11.6 Å². The van der Waals surface area contributed by atoms with Gasteiger partial charge in [-0.05, 0) is 61.1 Å². The molecule has 0 unspecified atom stereocenters. The van der Waals surface area contributed by atoms with Gasteiger partial charge in [-0.25, -0.2) is 9.86 Å². The molecule has 37 heavy (non-hydrogen) atoms. The number of benzene rings is 2. The van der Waals surface area contributed by atoms with Crippen LogP contribution in [0.15, 0.2) is 42.5 Å². The standard InChI is InChI=1S/C25H35ClN2O8S/c1-2-34-15-21-22(29)23(30)24(31)25(36-21)17-7-10-20(26)18(14-17)13-16-5-8-19(9-6-16)35-12-4-3-11-28-37(27,32)33/h5-10,14,21-25,28-31H,2-4,11-13,15H2,1H3,(H2,27,32,33)/t21-,22-,23+,24-,25+/m1/s1. The number of halogens is 1. The van der Waals surface area contributed by atoms with Gasteiger partial charge < -0.3 is 29.5 Å². The largest absolute Gasteiger partial charge is 0.494 e. The van der Waals surface area contributed by atoms with Gasteiger partial charge in [-0.2, -0.15) is 8.42 Å². The predicted octanol–water partition coefficient (Wildman–Crippen LogP) is 1.44. The molecule has 10 nitrogen and oxygen atoms in total. The predicted molar refractivity (Wildman–Crippen MR) is 139 cm³/mol. The van der Waals surface area contributed by atoms with Gasteiger partial charge in [-0.15, -0.1) is 0 Å². The van der Waals surface area contributed by atoms with Gasteiger partial charge in [-0.3, -0.25) is 0 Å². The summed E-state index contributed by atoms with van der Waals surface area (Å²) < 4.78 is 40.9. The molecular weight excluding hydrogens is 524 g/mol. The zero-order valence-corrected chi connectivity index (χ0v) is 22.2. The molecule has 0 aliphatic carbocycles. The van der Waals surface area contributed by atoms with Crippen molar-refractivity contribution in [3.63, 3.8) is 0 Å². The smallest absolute Gasteiger partial charge is 0.274 e. The van der Waals surface area contributed by atoms with E-state index in [1.165, 1.54) is 0 Å². The Kier molecular flexibility index (Phi) is 11.1. The monoisotopic (exact) mass is 558 g/mol. The summed E-state index contributed by atoms with van der Waals surface area (Å²) in [4.78, 5) is 0. The van der Waals surface area contributed by atoms with Crippen molar-refractivity contribution in [3.8, 4) is 5.75 Å². The molecule has 3 rings (SSSR count). The van der Waals surface area contributed by atoms with Crippen LogP contribution in [-0.4, -0.2) is 74.5 Å². The molecule has 1 fully saturated rings. The third kappa shape index (κ3) is 8.88. The molecule has 0 spiro atoms. The second-order valence-electron chi connectivity index (χ2n) is 8.89. The number of nitrogens with two attached hydrogens (primary N) is 1. The lowest BCUT2D eigenvalue weighted by Gasteiger charge is -2.40. The number of unbranched alkanes of at least 4 members (excludes halogenated alkanes) is 1. The molecule has 6 N–H and O–H groups in total. The number of hydrogen-bond acceptors (Lipinski definition) is 8. The first-order chi connectivity index (χ1) is 17.6. The lowest BCUT2D eigenvalue weighted by molar-refractivity contribution is -0.234. The number of hydrogen-bond donors (Lipinski definition) is 5. The molecule has 0 amide bonds. The Balaban J connectivity index is 1.60. The highest BCUT2D eigenvalue weighted by molar-refractivity contribution is 7.87. The molecule has 1 aliphatic heterocycles. The maximum Gasteiger partial charge on any atom is 0.274 e. The fraction of sp³-hybridized carbons (Fsp3) is 0.520. The topological polar surface area (TPSA) is 161 Å². The van der Waals surface area contributed by atoms with Crippen molar-refractivity contribution in [2.75, 3.05) is 26.4 Å². The van der Waals surface area contributed by atoms with Crippen LogP contribution in [-0.2, 0) is 26.1 Å². The minimum Gasteiger partial charge on any atom is -0.494 e. The summed E-state index contributed by atoms with van der Waals surface area (Å²) in [5.74, 6) is 0.689. The second kappa shape index (κ2) is 13.8. The molecule has 1 saturated heterocycles. The molecule has 2 aromatic carbocycles. The van der Waals surface area contributed by atoms with Gasteiger partial charge in [0.25, 0.3) is 10.2 Å². The molecular formula is C25H35ClN2O8S. The van der Waals surface area contributed by atoms with Crippen LogP contribution in [0.5, 0.6) is 5.75 Å². The summed E-state index contributed by atoms with van der Waals surface area (Å²) in [7, 11) is -3.67. The molecule has 0 aromatic heterocycles. The highest BCUT2D eigenvalue weighted by Gasteiger charge is 2.44. The van der Waals surface area contributed by atoms with Crippen LogP contribution in [0.1, 0.15) is 42.6 Å². The molecule has 12 heteroatoms. The zero-order chi connectivity index (χ0) is 27.0. The van der Waals surface area contributed by atoms with Crippen LogP contribution in [0.2, 0.25) is 5.02 Å². The van der Waals surface area contributed by atoms with E-state index in [1.54, 1.807) is 12.1 Å². The van der Waals surface area contributed by atoms with Gasteiger partial charge in [0.2, 0.25) is 0 Å². The normalized spacial score (nSPS) is 24.2. The first-order valence-corrected chi connectivity index (χ1v) is 14.1. The highest BCUT2D eigenvalue weighted by atomic mass is 35.5. The Labute approximate surface area is 222 Å². The van der Waals surface area contributed by atoms with Gasteiger partial charge in [0, 0.05) is 18.2 Å². The van der Waals surface area contributed by atoms with Crippen LogP contribution in [0, 0.1) is 0 Å². The van der Waals surface area contributed by atoms with Crippen LogP contribution in [0.4, 0.5) is 0 Å². The van der Waals surface area contributed by atoms with Gasteiger partial charge in [0.05, 0.1) is 13.2 Å². The average molecular weight is 559 g/mol. The van der Waals surface area contributed by atoms with Crippen LogP contribution in [0.3, 0.4) is 0 Å². The Morgan fingerprint density at radius 3 is 2.46 bits per heavy atom. The quantitative estimate of drug-likeness (QED) is 0.231. The average Bonchev–Trinajstić information content (AvgIpc) is 2.86. The van der Waals surface area contributed by atoms with Crippen molar-refractivity contribution in [2.45, 2.75) is 56.7 Å². The molecule has 206 valence electrons. The van der Waals surface area contributed by atoms with Crippen LogP contribution in [0.25, 0.3) is 0 Å². The number of aliphatic hydroxyl groups is 3. The fourth-order valence-electron chi connectivity index (χ4n) is 4.06. The summed E-state index contributed by atoms with van der Waals surface area (Å²) in [6.45, 7) is 3.05. The molecule has 2 aromatic rings. The van der Waals surface area contributed by atoms with Crippen molar-refractivity contribution >= 4 is 21.8 Å². The summed E-state index contributed by atoms with van der Waals surface area (Å²) >= 11 is 6.45. The summed E-state index contributed by atoms with van der Waals surface area (Å²) in [5.41, 5.74) is 2.43. The SMILES string of the molecule is CCOC[C@H]1O[C@@H](c2ccc(Cl)c(Cc3ccc(OCCCCNS(N)(=O)=O)cc3)c2)[C@H](O)[C@@H](O)[C@@H]1O. The lowest BCUT2D eigenvalue weighted by atomic mass is 9.90. The molecule has 0 bridgehead atoms. The van der Waals surface area contributed by atoms with Crippen molar-refractivity contribution in [2.24, 2.45) is 5.14 Å².